The quantitative estimate of drug-likeness (QED) is 0.809. The Balaban J connectivity index is 2.32. The fourth-order valence-corrected chi connectivity index (χ4v) is 4.55. The first-order valence-corrected chi connectivity index (χ1v) is 7.68. The molecule has 1 aromatic rings. The van der Waals surface area contributed by atoms with E-state index < -0.39 is 16.0 Å². The third-order valence-corrected chi connectivity index (χ3v) is 6.08. The lowest BCUT2D eigenvalue weighted by atomic mass is 10.5. The molecule has 1 heterocycles. The second-order valence-corrected chi connectivity index (χ2v) is 7.22. The van der Waals surface area contributed by atoms with Crippen LogP contribution in [0.3, 0.4) is 0 Å². The smallest absolute Gasteiger partial charge is 0.345 e. The van der Waals surface area contributed by atoms with Crippen molar-refractivity contribution in [3.8, 4) is 0 Å². The largest absolute Gasteiger partial charge is 0.477 e. The Morgan fingerprint density at radius 1 is 1.56 bits per heavy atom. The second kappa shape index (κ2) is 4.83. The molecule has 98 valence electrons. The molecule has 0 aliphatic heterocycles. The zero-order chi connectivity index (χ0) is 13.3. The third-order valence-electron chi connectivity index (χ3n) is 2.62. The highest BCUT2D eigenvalue weighted by Gasteiger charge is 2.38. The number of carboxylic acid groups (broad SMARTS) is 1. The molecule has 2 rings (SSSR count). The van der Waals surface area contributed by atoms with Crippen LogP contribution >= 0.6 is 11.3 Å². The van der Waals surface area contributed by atoms with Gasteiger partial charge in [-0.3, -0.25) is 0 Å². The van der Waals surface area contributed by atoms with Gasteiger partial charge in [-0.05, 0) is 25.0 Å². The molecule has 1 saturated carbocycles. The van der Waals surface area contributed by atoms with E-state index in [1.54, 1.807) is 6.08 Å². The van der Waals surface area contributed by atoms with E-state index in [-0.39, 0.29) is 21.7 Å². The van der Waals surface area contributed by atoms with Crippen LogP contribution in [0.15, 0.2) is 29.0 Å². The molecule has 0 atom stereocenters. The molecular weight excluding hydrogens is 274 g/mol. The molecule has 1 fully saturated rings. The molecule has 1 N–H and O–H groups in total. The van der Waals surface area contributed by atoms with Gasteiger partial charge in [0.2, 0.25) is 0 Å². The van der Waals surface area contributed by atoms with E-state index in [0.717, 1.165) is 24.2 Å². The molecule has 0 saturated heterocycles. The minimum Gasteiger partial charge on any atom is -0.477 e. The van der Waals surface area contributed by atoms with Gasteiger partial charge < -0.3 is 5.11 Å². The first-order valence-electron chi connectivity index (χ1n) is 5.42. The zero-order valence-electron chi connectivity index (χ0n) is 9.57. The van der Waals surface area contributed by atoms with Gasteiger partial charge in [0.25, 0.3) is 10.0 Å². The third kappa shape index (κ3) is 2.47. The van der Waals surface area contributed by atoms with Gasteiger partial charge >= 0.3 is 5.97 Å². The summed E-state index contributed by atoms with van der Waals surface area (Å²) < 4.78 is 26.1. The van der Waals surface area contributed by atoms with Crippen molar-refractivity contribution in [1.29, 1.82) is 0 Å². The fourth-order valence-electron chi connectivity index (χ4n) is 1.62. The van der Waals surface area contributed by atoms with Crippen LogP contribution in [0.5, 0.6) is 0 Å². The zero-order valence-corrected chi connectivity index (χ0v) is 11.2. The van der Waals surface area contributed by atoms with Crippen LogP contribution in [0.1, 0.15) is 22.5 Å². The molecule has 1 aliphatic carbocycles. The van der Waals surface area contributed by atoms with Gasteiger partial charge in [0.05, 0.1) is 0 Å². The Morgan fingerprint density at radius 3 is 2.67 bits per heavy atom. The molecule has 0 spiro atoms. The van der Waals surface area contributed by atoms with E-state index in [1.807, 2.05) is 0 Å². The topological polar surface area (TPSA) is 74.7 Å². The Hall–Kier alpha value is -1.18. The Bertz CT molecular complexity index is 572. The molecule has 0 aromatic carbocycles. The van der Waals surface area contributed by atoms with Crippen LogP contribution in [0.25, 0.3) is 0 Å². The SMILES string of the molecule is C=CCN(C1CC1)S(=O)(=O)c1ccc(C(=O)O)s1. The monoisotopic (exact) mass is 287 g/mol. The van der Waals surface area contributed by atoms with Crippen LogP contribution in [-0.2, 0) is 10.0 Å². The molecule has 5 nitrogen and oxygen atoms in total. The van der Waals surface area contributed by atoms with Crippen molar-refractivity contribution in [2.75, 3.05) is 6.54 Å². The van der Waals surface area contributed by atoms with Crippen LogP contribution in [0.2, 0.25) is 0 Å². The molecule has 1 aromatic heterocycles. The van der Waals surface area contributed by atoms with Gasteiger partial charge in [0.15, 0.2) is 0 Å². The maximum atomic E-state index is 12.3. The molecule has 0 unspecified atom stereocenters. The summed E-state index contributed by atoms with van der Waals surface area (Å²) in [6.45, 7) is 3.81. The van der Waals surface area contributed by atoms with Gasteiger partial charge in [0.1, 0.15) is 9.09 Å². The van der Waals surface area contributed by atoms with Crippen LogP contribution in [0, 0.1) is 0 Å². The van der Waals surface area contributed by atoms with Gasteiger partial charge in [0, 0.05) is 12.6 Å². The highest BCUT2D eigenvalue weighted by molar-refractivity contribution is 7.91. The van der Waals surface area contributed by atoms with E-state index in [4.69, 9.17) is 5.11 Å². The van der Waals surface area contributed by atoms with Crippen molar-refractivity contribution in [1.82, 2.24) is 4.31 Å². The lowest BCUT2D eigenvalue weighted by Gasteiger charge is -2.18. The van der Waals surface area contributed by atoms with Crippen molar-refractivity contribution < 1.29 is 18.3 Å². The molecular formula is C11H13NO4S2. The van der Waals surface area contributed by atoms with Crippen molar-refractivity contribution >= 4 is 27.3 Å². The fraction of sp³-hybridized carbons (Fsp3) is 0.364. The number of thiophene rings is 1. The average molecular weight is 287 g/mol. The van der Waals surface area contributed by atoms with Crippen LogP contribution in [0.4, 0.5) is 0 Å². The summed E-state index contributed by atoms with van der Waals surface area (Å²) in [5.41, 5.74) is 0. The number of carbonyl (C=O) groups is 1. The first-order chi connectivity index (χ1) is 8.46. The number of hydrogen-bond donors (Lipinski definition) is 1. The van der Waals surface area contributed by atoms with Crippen LogP contribution in [-0.4, -0.2) is 36.4 Å². The Labute approximate surface area is 109 Å². The van der Waals surface area contributed by atoms with E-state index in [9.17, 15) is 13.2 Å². The summed E-state index contributed by atoms with van der Waals surface area (Å²) in [6, 6.07) is 2.70. The maximum absolute atomic E-state index is 12.3. The number of sulfonamides is 1. The Kier molecular flexibility index (Phi) is 3.56. The van der Waals surface area contributed by atoms with E-state index in [0.29, 0.717) is 0 Å². The number of nitrogens with zero attached hydrogens (tertiary/aromatic N) is 1. The molecule has 0 radical (unpaired) electrons. The number of aromatic carboxylic acids is 1. The highest BCUT2D eigenvalue weighted by Crippen LogP contribution is 2.34. The summed E-state index contributed by atoms with van der Waals surface area (Å²) in [7, 11) is -3.60. The predicted molar refractivity (Wildman–Crippen MR) is 68.4 cm³/mol. The van der Waals surface area contributed by atoms with Gasteiger partial charge in [-0.2, -0.15) is 4.31 Å². The Morgan fingerprint density at radius 2 is 2.22 bits per heavy atom. The minimum atomic E-state index is -3.60. The summed E-state index contributed by atoms with van der Waals surface area (Å²) in [5.74, 6) is -1.11. The minimum absolute atomic E-state index is 0.0305. The predicted octanol–water partition coefficient (Wildman–Crippen LogP) is 1.79. The highest BCUT2D eigenvalue weighted by atomic mass is 32.2. The summed E-state index contributed by atoms with van der Waals surface area (Å²) >= 11 is 0.784. The maximum Gasteiger partial charge on any atom is 0.345 e. The molecule has 0 bridgehead atoms. The summed E-state index contributed by atoms with van der Waals surface area (Å²) in [5, 5.41) is 8.81. The van der Waals surface area contributed by atoms with Crippen molar-refractivity contribution in [2.45, 2.75) is 23.1 Å². The number of hydrogen-bond acceptors (Lipinski definition) is 4. The number of rotatable bonds is 6. The van der Waals surface area contributed by atoms with Gasteiger partial charge in [-0.25, -0.2) is 13.2 Å². The molecule has 0 amide bonds. The second-order valence-electron chi connectivity index (χ2n) is 4.02. The molecule has 18 heavy (non-hydrogen) atoms. The van der Waals surface area contributed by atoms with Crippen LogP contribution < -0.4 is 0 Å². The molecule has 7 heteroatoms. The standard InChI is InChI=1S/C11H13NO4S2/c1-2-7-12(8-3-4-8)18(15,16)10-6-5-9(17-10)11(13)14/h2,5-6,8H,1,3-4,7H2,(H,13,14). The number of carboxylic acids is 1. The average Bonchev–Trinajstić information content (AvgIpc) is 2.99. The van der Waals surface area contributed by atoms with Crippen molar-refractivity contribution in [3.63, 3.8) is 0 Å². The van der Waals surface area contributed by atoms with Gasteiger partial charge in [-0.1, -0.05) is 6.08 Å². The summed E-state index contributed by atoms with van der Waals surface area (Å²) in [6.07, 6.45) is 3.25. The normalized spacial score (nSPS) is 15.8. The van der Waals surface area contributed by atoms with E-state index in [2.05, 4.69) is 6.58 Å². The van der Waals surface area contributed by atoms with E-state index in [1.165, 1.54) is 16.4 Å². The van der Waals surface area contributed by atoms with Gasteiger partial charge in [-0.15, -0.1) is 17.9 Å². The van der Waals surface area contributed by atoms with Crippen molar-refractivity contribution in [3.05, 3.63) is 29.7 Å². The lowest BCUT2D eigenvalue weighted by Crippen LogP contribution is -2.32. The van der Waals surface area contributed by atoms with E-state index >= 15 is 0 Å². The molecule has 1 aliphatic rings. The first kappa shape index (κ1) is 13.3. The lowest BCUT2D eigenvalue weighted by molar-refractivity contribution is 0.0702. The summed E-state index contributed by atoms with van der Waals surface area (Å²) in [4.78, 5) is 10.8. The van der Waals surface area contributed by atoms with Crippen molar-refractivity contribution in [2.24, 2.45) is 0 Å².